The fourth-order valence-corrected chi connectivity index (χ4v) is 3.35. The van der Waals surface area contributed by atoms with Gasteiger partial charge in [0.05, 0.1) is 13.3 Å². The fourth-order valence-electron chi connectivity index (χ4n) is 3.35. The van der Waals surface area contributed by atoms with Gasteiger partial charge in [-0.2, -0.15) is 5.10 Å². The van der Waals surface area contributed by atoms with Gasteiger partial charge >= 0.3 is 0 Å². The smallest absolute Gasteiger partial charge is 0.223 e. The molecule has 1 aromatic carbocycles. The molecular formula is C19H26N4O2. The van der Waals surface area contributed by atoms with E-state index in [0.29, 0.717) is 19.0 Å². The van der Waals surface area contributed by atoms with Gasteiger partial charge in [0.2, 0.25) is 5.91 Å². The number of nitrogens with zero attached hydrogens (tertiary/aromatic N) is 3. The molecule has 6 heteroatoms. The summed E-state index contributed by atoms with van der Waals surface area (Å²) in [7, 11) is 1.65. The summed E-state index contributed by atoms with van der Waals surface area (Å²) < 4.78 is 7.21. The molecular weight excluding hydrogens is 316 g/mol. The molecule has 0 unspecified atom stereocenters. The van der Waals surface area contributed by atoms with E-state index < -0.39 is 0 Å². The van der Waals surface area contributed by atoms with Crippen molar-refractivity contribution in [3.63, 3.8) is 0 Å². The number of aromatic nitrogens is 2. The lowest BCUT2D eigenvalue weighted by Crippen LogP contribution is -2.34. The Labute approximate surface area is 148 Å². The lowest BCUT2D eigenvalue weighted by Gasteiger charge is -2.24. The van der Waals surface area contributed by atoms with Crippen LogP contribution in [0.25, 0.3) is 5.69 Å². The highest BCUT2D eigenvalue weighted by atomic mass is 16.5. The summed E-state index contributed by atoms with van der Waals surface area (Å²) in [6.45, 7) is 4.63. The number of carbonyl (C=O) groups excluding carboxylic acids is 1. The maximum Gasteiger partial charge on any atom is 0.223 e. The first-order valence-electron chi connectivity index (χ1n) is 8.90. The van der Waals surface area contributed by atoms with Gasteiger partial charge in [-0.15, -0.1) is 0 Å². The van der Waals surface area contributed by atoms with Crippen LogP contribution in [-0.2, 0) is 11.3 Å². The Balaban J connectivity index is 1.70. The van der Waals surface area contributed by atoms with E-state index in [2.05, 4.69) is 17.3 Å². The van der Waals surface area contributed by atoms with Crippen molar-refractivity contribution in [1.29, 1.82) is 0 Å². The molecule has 1 saturated heterocycles. The van der Waals surface area contributed by atoms with Crippen molar-refractivity contribution in [3.8, 4) is 11.4 Å². The SMILES string of the molecule is CCNCC[C@@H]1CCC(=O)N1Cc1cnn(-c2ccccc2OC)c1. The highest BCUT2D eigenvalue weighted by Crippen LogP contribution is 2.25. The van der Waals surface area contributed by atoms with Crippen molar-refractivity contribution in [1.82, 2.24) is 20.0 Å². The number of hydrogen-bond acceptors (Lipinski definition) is 4. The van der Waals surface area contributed by atoms with Gasteiger partial charge in [-0.25, -0.2) is 4.68 Å². The maximum absolute atomic E-state index is 12.3. The molecule has 1 aliphatic rings. The van der Waals surface area contributed by atoms with E-state index in [0.717, 1.165) is 42.9 Å². The van der Waals surface area contributed by atoms with Gasteiger partial charge in [-0.05, 0) is 38.1 Å². The van der Waals surface area contributed by atoms with Crippen LogP contribution in [0.15, 0.2) is 36.7 Å². The number of amides is 1. The van der Waals surface area contributed by atoms with Crippen LogP contribution in [0.1, 0.15) is 31.7 Å². The van der Waals surface area contributed by atoms with Crippen LogP contribution in [0, 0.1) is 0 Å². The van der Waals surface area contributed by atoms with Crippen LogP contribution in [0.4, 0.5) is 0 Å². The van der Waals surface area contributed by atoms with Crippen molar-refractivity contribution >= 4 is 5.91 Å². The summed E-state index contributed by atoms with van der Waals surface area (Å²) in [6.07, 6.45) is 6.41. The molecule has 2 aromatic rings. The van der Waals surface area contributed by atoms with Crippen molar-refractivity contribution in [2.75, 3.05) is 20.2 Å². The zero-order valence-corrected chi connectivity index (χ0v) is 14.9. The average Bonchev–Trinajstić information content (AvgIpc) is 3.24. The quantitative estimate of drug-likeness (QED) is 0.748. The lowest BCUT2D eigenvalue weighted by atomic mass is 10.1. The van der Waals surface area contributed by atoms with Gasteiger partial charge < -0.3 is 15.0 Å². The summed E-state index contributed by atoms with van der Waals surface area (Å²) in [5, 5.41) is 7.79. The number of para-hydroxylation sites is 2. The number of carbonyl (C=O) groups is 1. The van der Waals surface area contributed by atoms with Gasteiger partial charge in [0.15, 0.2) is 0 Å². The first-order valence-corrected chi connectivity index (χ1v) is 8.90. The number of hydrogen-bond donors (Lipinski definition) is 1. The fraction of sp³-hybridized carbons (Fsp3) is 0.474. The molecule has 6 nitrogen and oxygen atoms in total. The maximum atomic E-state index is 12.3. The molecule has 1 N–H and O–H groups in total. The molecule has 1 atom stereocenters. The van der Waals surface area contributed by atoms with Gasteiger partial charge in [0.25, 0.3) is 0 Å². The van der Waals surface area contributed by atoms with E-state index in [1.807, 2.05) is 46.2 Å². The normalized spacial score (nSPS) is 17.3. The Morgan fingerprint density at radius 2 is 2.20 bits per heavy atom. The number of methoxy groups -OCH3 is 1. The zero-order valence-electron chi connectivity index (χ0n) is 14.9. The second-order valence-electron chi connectivity index (χ2n) is 6.32. The predicted molar refractivity (Wildman–Crippen MR) is 96.8 cm³/mol. The zero-order chi connectivity index (χ0) is 17.6. The molecule has 0 aliphatic carbocycles. The number of benzene rings is 1. The lowest BCUT2D eigenvalue weighted by molar-refractivity contribution is -0.129. The minimum absolute atomic E-state index is 0.242. The van der Waals surface area contributed by atoms with Gasteiger partial charge in [0.1, 0.15) is 11.4 Å². The molecule has 0 bridgehead atoms. The molecule has 134 valence electrons. The minimum Gasteiger partial charge on any atom is -0.494 e. The Bertz CT molecular complexity index is 713. The third-order valence-electron chi connectivity index (χ3n) is 4.68. The molecule has 1 amide bonds. The summed E-state index contributed by atoms with van der Waals surface area (Å²) >= 11 is 0. The van der Waals surface area contributed by atoms with Crippen LogP contribution < -0.4 is 10.1 Å². The molecule has 0 radical (unpaired) electrons. The van der Waals surface area contributed by atoms with Gasteiger partial charge in [0, 0.05) is 30.8 Å². The van der Waals surface area contributed by atoms with Crippen molar-refractivity contribution in [2.45, 2.75) is 38.8 Å². The topological polar surface area (TPSA) is 59.4 Å². The molecule has 1 aliphatic heterocycles. The Hall–Kier alpha value is -2.34. The van der Waals surface area contributed by atoms with Gasteiger partial charge in [-0.3, -0.25) is 4.79 Å². The van der Waals surface area contributed by atoms with E-state index >= 15 is 0 Å². The first kappa shape index (κ1) is 17.5. The molecule has 1 aromatic heterocycles. The summed E-state index contributed by atoms with van der Waals surface area (Å²) in [6, 6.07) is 8.10. The Morgan fingerprint density at radius 3 is 3.00 bits per heavy atom. The van der Waals surface area contributed by atoms with Crippen LogP contribution in [0.2, 0.25) is 0 Å². The monoisotopic (exact) mass is 342 g/mol. The number of nitrogens with one attached hydrogen (secondary N) is 1. The minimum atomic E-state index is 0.242. The second-order valence-corrected chi connectivity index (χ2v) is 6.32. The van der Waals surface area contributed by atoms with Crippen molar-refractivity contribution < 1.29 is 9.53 Å². The number of ether oxygens (including phenoxy) is 1. The summed E-state index contributed by atoms with van der Waals surface area (Å²) in [5.41, 5.74) is 1.93. The van der Waals surface area contributed by atoms with Crippen LogP contribution in [0.3, 0.4) is 0 Å². The number of likely N-dealkylation sites (tertiary alicyclic amines) is 1. The first-order chi connectivity index (χ1) is 12.2. The van der Waals surface area contributed by atoms with Crippen LogP contribution in [-0.4, -0.2) is 46.8 Å². The highest BCUT2D eigenvalue weighted by Gasteiger charge is 2.30. The Morgan fingerprint density at radius 1 is 1.36 bits per heavy atom. The van der Waals surface area contributed by atoms with Crippen LogP contribution in [0.5, 0.6) is 5.75 Å². The van der Waals surface area contributed by atoms with Gasteiger partial charge in [-0.1, -0.05) is 19.1 Å². The average molecular weight is 342 g/mol. The van der Waals surface area contributed by atoms with E-state index in [-0.39, 0.29) is 5.91 Å². The third kappa shape index (κ3) is 4.02. The Kier molecular flexibility index (Phi) is 5.71. The summed E-state index contributed by atoms with van der Waals surface area (Å²) in [5.74, 6) is 1.02. The standard InChI is InChI=1S/C19H26N4O2/c1-3-20-11-10-16-8-9-19(24)22(16)13-15-12-21-23(14-15)17-6-4-5-7-18(17)25-2/h4-7,12,14,16,20H,3,8-11,13H2,1-2H3/t16-/m0/s1. The van der Waals surface area contributed by atoms with E-state index in [4.69, 9.17) is 4.74 Å². The second kappa shape index (κ2) is 8.16. The summed E-state index contributed by atoms with van der Waals surface area (Å²) in [4.78, 5) is 14.3. The van der Waals surface area contributed by atoms with Crippen molar-refractivity contribution in [3.05, 3.63) is 42.2 Å². The molecule has 1 fully saturated rings. The van der Waals surface area contributed by atoms with Crippen molar-refractivity contribution in [2.24, 2.45) is 0 Å². The van der Waals surface area contributed by atoms with E-state index in [9.17, 15) is 4.79 Å². The predicted octanol–water partition coefficient (Wildman–Crippen LogP) is 2.37. The van der Waals surface area contributed by atoms with E-state index in [1.54, 1.807) is 7.11 Å². The van der Waals surface area contributed by atoms with E-state index in [1.165, 1.54) is 0 Å². The molecule has 2 heterocycles. The molecule has 3 rings (SSSR count). The molecule has 0 spiro atoms. The van der Waals surface area contributed by atoms with Crippen LogP contribution >= 0.6 is 0 Å². The third-order valence-corrected chi connectivity index (χ3v) is 4.68. The highest BCUT2D eigenvalue weighted by molar-refractivity contribution is 5.78. The largest absolute Gasteiger partial charge is 0.494 e. The number of rotatable bonds is 8. The molecule has 0 saturated carbocycles. The molecule has 25 heavy (non-hydrogen) atoms.